The van der Waals surface area contributed by atoms with Crippen LogP contribution in [0.15, 0.2) is 67.3 Å². The van der Waals surface area contributed by atoms with Gasteiger partial charge in [0.15, 0.2) is 11.6 Å². The molecule has 2 atom stereocenters. The highest BCUT2D eigenvalue weighted by molar-refractivity contribution is 8.01. The number of pyridine rings is 1. The molecule has 0 amide bonds. The van der Waals surface area contributed by atoms with E-state index >= 15 is 0 Å². The molecule has 0 saturated carbocycles. The number of ether oxygens (including phenoxy) is 3. The van der Waals surface area contributed by atoms with Gasteiger partial charge in [0.25, 0.3) is 0 Å². The Bertz CT molecular complexity index is 1550. The molecule has 5 rings (SSSR count). The molecule has 3 heterocycles. The van der Waals surface area contributed by atoms with Gasteiger partial charge in [-0.05, 0) is 54.9 Å². The van der Waals surface area contributed by atoms with E-state index in [1.54, 1.807) is 39.9 Å². The van der Waals surface area contributed by atoms with Gasteiger partial charge in [-0.3, -0.25) is 14.3 Å². The molecule has 39 heavy (non-hydrogen) atoms. The minimum atomic E-state index is -0.342. The SMILES string of the molecule is COc1cccc(OC)c1-n1c(NSC(C)C(OC)c2ncc(C)cn2)nnc1-c1cccc2cnccc12. The van der Waals surface area contributed by atoms with Crippen molar-refractivity contribution >= 4 is 28.7 Å². The molecule has 0 radical (unpaired) electrons. The van der Waals surface area contributed by atoms with Crippen molar-refractivity contribution in [2.24, 2.45) is 0 Å². The number of nitrogens with one attached hydrogen (secondary N) is 1. The van der Waals surface area contributed by atoms with Crippen LogP contribution >= 0.6 is 11.9 Å². The molecule has 0 fully saturated rings. The van der Waals surface area contributed by atoms with Gasteiger partial charge in [0.05, 0.1) is 19.5 Å². The highest BCUT2D eigenvalue weighted by Crippen LogP contribution is 2.40. The normalized spacial score (nSPS) is 12.7. The molecule has 200 valence electrons. The van der Waals surface area contributed by atoms with Crippen LogP contribution in [0.4, 0.5) is 5.95 Å². The predicted molar refractivity (Wildman–Crippen MR) is 152 cm³/mol. The van der Waals surface area contributed by atoms with E-state index in [9.17, 15) is 0 Å². The molecular formula is C28H29N7O3S. The first-order chi connectivity index (χ1) is 19.0. The van der Waals surface area contributed by atoms with Crippen molar-refractivity contribution < 1.29 is 14.2 Å². The third-order valence-corrected chi connectivity index (χ3v) is 7.20. The van der Waals surface area contributed by atoms with Crippen LogP contribution in [0.1, 0.15) is 24.4 Å². The molecule has 3 aromatic heterocycles. The summed E-state index contributed by atoms with van der Waals surface area (Å²) < 4.78 is 22.6. The maximum Gasteiger partial charge on any atom is 0.239 e. The van der Waals surface area contributed by atoms with Gasteiger partial charge in [-0.25, -0.2) is 9.97 Å². The summed E-state index contributed by atoms with van der Waals surface area (Å²) in [5.74, 6) is 2.95. The van der Waals surface area contributed by atoms with Crippen molar-refractivity contribution in [2.45, 2.75) is 25.2 Å². The lowest BCUT2D eigenvalue weighted by Crippen LogP contribution is -2.19. The number of fused-ring (bicyclic) bond motifs is 1. The summed E-state index contributed by atoms with van der Waals surface area (Å²) >= 11 is 1.44. The summed E-state index contributed by atoms with van der Waals surface area (Å²) in [6.45, 7) is 3.99. The summed E-state index contributed by atoms with van der Waals surface area (Å²) in [4.78, 5) is 13.2. The van der Waals surface area contributed by atoms with Gasteiger partial charge in [0.2, 0.25) is 5.95 Å². The first-order valence-electron chi connectivity index (χ1n) is 12.3. The molecular weight excluding hydrogens is 514 g/mol. The summed E-state index contributed by atoms with van der Waals surface area (Å²) in [5, 5.41) is 11.1. The molecule has 0 spiro atoms. The maximum absolute atomic E-state index is 5.76. The monoisotopic (exact) mass is 543 g/mol. The zero-order chi connectivity index (χ0) is 27.4. The third kappa shape index (κ3) is 5.23. The number of anilines is 1. The van der Waals surface area contributed by atoms with Crippen LogP contribution < -0.4 is 14.2 Å². The second kappa shape index (κ2) is 11.7. The fraction of sp³-hybridized carbons (Fsp3) is 0.250. The Labute approximate surface area is 230 Å². The number of aromatic nitrogens is 6. The molecule has 0 bridgehead atoms. The second-order valence-electron chi connectivity index (χ2n) is 8.80. The Morgan fingerprint density at radius 3 is 2.31 bits per heavy atom. The lowest BCUT2D eigenvalue weighted by atomic mass is 10.1. The van der Waals surface area contributed by atoms with Gasteiger partial charge in [0.1, 0.15) is 23.3 Å². The van der Waals surface area contributed by atoms with Crippen molar-refractivity contribution in [3.05, 3.63) is 78.6 Å². The number of hydrogen-bond donors (Lipinski definition) is 1. The molecule has 1 N–H and O–H groups in total. The zero-order valence-electron chi connectivity index (χ0n) is 22.3. The van der Waals surface area contributed by atoms with E-state index in [1.165, 1.54) is 11.9 Å². The molecule has 5 aromatic rings. The lowest BCUT2D eigenvalue weighted by molar-refractivity contribution is 0.0972. The van der Waals surface area contributed by atoms with Gasteiger partial charge >= 0.3 is 0 Å². The Hall–Kier alpha value is -4.22. The van der Waals surface area contributed by atoms with Crippen molar-refractivity contribution in [3.63, 3.8) is 0 Å². The Morgan fingerprint density at radius 1 is 0.897 bits per heavy atom. The lowest BCUT2D eigenvalue weighted by Gasteiger charge is -2.22. The number of methoxy groups -OCH3 is 3. The van der Waals surface area contributed by atoms with Crippen LogP contribution in [0, 0.1) is 6.92 Å². The minimum absolute atomic E-state index is 0.0745. The van der Waals surface area contributed by atoms with Gasteiger partial charge in [-0.15, -0.1) is 10.2 Å². The number of aryl methyl sites for hydroxylation is 1. The highest BCUT2D eigenvalue weighted by Gasteiger charge is 2.26. The topological polar surface area (TPSA) is 109 Å². The second-order valence-corrected chi connectivity index (χ2v) is 9.98. The Kier molecular flexibility index (Phi) is 7.89. The summed E-state index contributed by atoms with van der Waals surface area (Å²) in [6, 6.07) is 13.6. The number of rotatable bonds is 10. The van der Waals surface area contributed by atoms with Crippen molar-refractivity contribution in [1.29, 1.82) is 0 Å². The van der Waals surface area contributed by atoms with E-state index < -0.39 is 0 Å². The minimum Gasteiger partial charge on any atom is -0.494 e. The van der Waals surface area contributed by atoms with E-state index in [4.69, 9.17) is 14.2 Å². The average Bonchev–Trinajstić information content (AvgIpc) is 3.39. The molecule has 0 aliphatic rings. The van der Waals surface area contributed by atoms with Crippen LogP contribution in [-0.4, -0.2) is 56.3 Å². The Morgan fingerprint density at radius 2 is 1.62 bits per heavy atom. The molecule has 10 nitrogen and oxygen atoms in total. The molecule has 2 aromatic carbocycles. The van der Waals surface area contributed by atoms with Gasteiger partial charge < -0.3 is 14.2 Å². The van der Waals surface area contributed by atoms with Crippen LogP contribution in [0.5, 0.6) is 11.5 Å². The molecule has 0 aliphatic carbocycles. The number of nitrogens with zero attached hydrogens (tertiary/aromatic N) is 6. The molecule has 11 heteroatoms. The third-order valence-electron chi connectivity index (χ3n) is 6.28. The standard InChI is InChI=1S/C28H29N7O3S/c1-17-14-30-26(31-15-17)25(38-5)18(2)39-34-28-33-32-27(21-9-6-8-19-16-29-13-12-20(19)21)35(28)24-22(36-3)10-7-11-23(24)37-4/h6-16,18,25H,1-5H3,(H,33,34). The molecule has 0 saturated heterocycles. The quantitative estimate of drug-likeness (QED) is 0.229. The van der Waals surface area contributed by atoms with Crippen LogP contribution in [-0.2, 0) is 4.74 Å². The first kappa shape index (κ1) is 26.4. The van der Waals surface area contributed by atoms with E-state index in [0.29, 0.717) is 34.8 Å². The summed E-state index contributed by atoms with van der Waals surface area (Å²) in [7, 11) is 4.90. The number of benzene rings is 2. The Balaban J connectivity index is 1.59. The number of hydrogen-bond acceptors (Lipinski definition) is 10. The molecule has 0 aliphatic heterocycles. The fourth-order valence-electron chi connectivity index (χ4n) is 4.37. The summed E-state index contributed by atoms with van der Waals surface area (Å²) in [5.41, 5.74) is 2.56. The van der Waals surface area contributed by atoms with E-state index in [0.717, 1.165) is 21.9 Å². The van der Waals surface area contributed by atoms with Gasteiger partial charge in [-0.2, -0.15) is 0 Å². The maximum atomic E-state index is 5.76. The number of para-hydroxylation sites is 1. The molecule has 2 unspecified atom stereocenters. The zero-order valence-corrected chi connectivity index (χ0v) is 23.1. The van der Waals surface area contributed by atoms with Crippen molar-refractivity contribution in [1.82, 2.24) is 29.7 Å². The van der Waals surface area contributed by atoms with Crippen molar-refractivity contribution in [3.8, 4) is 28.6 Å². The largest absolute Gasteiger partial charge is 0.494 e. The predicted octanol–water partition coefficient (Wildman–Crippen LogP) is 5.43. The van der Waals surface area contributed by atoms with E-state index in [2.05, 4.69) is 29.9 Å². The first-order valence-corrected chi connectivity index (χ1v) is 13.2. The van der Waals surface area contributed by atoms with Gasteiger partial charge in [-0.1, -0.05) is 24.3 Å². The van der Waals surface area contributed by atoms with Crippen molar-refractivity contribution in [2.75, 3.05) is 26.1 Å². The van der Waals surface area contributed by atoms with Crippen LogP contribution in [0.25, 0.3) is 27.8 Å². The fourth-order valence-corrected chi connectivity index (χ4v) is 5.15. The van der Waals surface area contributed by atoms with E-state index in [1.807, 2.05) is 67.1 Å². The van der Waals surface area contributed by atoms with Gasteiger partial charge in [0, 0.05) is 42.8 Å². The summed E-state index contributed by atoms with van der Waals surface area (Å²) in [6.07, 6.45) is 6.83. The smallest absolute Gasteiger partial charge is 0.239 e. The van der Waals surface area contributed by atoms with E-state index in [-0.39, 0.29) is 11.4 Å². The highest BCUT2D eigenvalue weighted by atomic mass is 32.2. The van der Waals surface area contributed by atoms with Crippen LogP contribution in [0.3, 0.4) is 0 Å². The average molecular weight is 544 g/mol. The van der Waals surface area contributed by atoms with Crippen LogP contribution in [0.2, 0.25) is 0 Å².